The SMILES string of the molecule is O=C(CN1CCSC1=O)NC1=NCCS1. The first-order valence-corrected chi connectivity index (χ1v) is 6.61. The molecule has 15 heavy (non-hydrogen) atoms. The molecule has 2 aliphatic heterocycles. The largest absolute Gasteiger partial charge is 0.323 e. The zero-order valence-electron chi connectivity index (χ0n) is 8.06. The molecule has 1 fully saturated rings. The summed E-state index contributed by atoms with van der Waals surface area (Å²) < 4.78 is 0. The van der Waals surface area contributed by atoms with E-state index >= 15 is 0 Å². The fraction of sp³-hybridized carbons (Fsp3) is 0.625. The van der Waals surface area contributed by atoms with Gasteiger partial charge in [-0.25, -0.2) is 0 Å². The van der Waals surface area contributed by atoms with Gasteiger partial charge in [0.05, 0.1) is 6.54 Å². The summed E-state index contributed by atoms with van der Waals surface area (Å²) in [5, 5.41) is 3.37. The van der Waals surface area contributed by atoms with Crippen molar-refractivity contribution in [1.82, 2.24) is 10.2 Å². The van der Waals surface area contributed by atoms with Gasteiger partial charge in [-0.3, -0.25) is 14.6 Å². The van der Waals surface area contributed by atoms with Gasteiger partial charge in [0.25, 0.3) is 5.24 Å². The van der Waals surface area contributed by atoms with Gasteiger partial charge in [0, 0.05) is 18.1 Å². The van der Waals surface area contributed by atoms with E-state index in [9.17, 15) is 9.59 Å². The van der Waals surface area contributed by atoms with Gasteiger partial charge >= 0.3 is 0 Å². The Bertz CT molecular complexity index is 319. The Kier molecular flexibility index (Phi) is 3.53. The number of hydrogen-bond donors (Lipinski definition) is 1. The van der Waals surface area contributed by atoms with Crippen molar-refractivity contribution in [2.75, 3.05) is 31.1 Å². The molecule has 0 spiro atoms. The van der Waals surface area contributed by atoms with Crippen molar-refractivity contribution < 1.29 is 9.59 Å². The van der Waals surface area contributed by atoms with Gasteiger partial charge in [0.15, 0.2) is 5.17 Å². The van der Waals surface area contributed by atoms with Gasteiger partial charge in [0.2, 0.25) is 5.91 Å². The minimum Gasteiger partial charge on any atom is -0.323 e. The number of hydrogen-bond acceptors (Lipinski definition) is 5. The molecule has 1 N–H and O–H groups in total. The minimum absolute atomic E-state index is 0.00818. The monoisotopic (exact) mass is 245 g/mol. The van der Waals surface area contributed by atoms with E-state index in [2.05, 4.69) is 10.3 Å². The normalized spacial score (nSPS) is 20.7. The minimum atomic E-state index is -0.154. The molecular weight excluding hydrogens is 234 g/mol. The number of nitrogens with one attached hydrogen (secondary N) is 1. The fourth-order valence-corrected chi connectivity index (χ4v) is 2.88. The number of nitrogens with zero attached hydrogens (tertiary/aromatic N) is 2. The first kappa shape index (κ1) is 10.8. The Labute approximate surface area is 96.1 Å². The second-order valence-corrected chi connectivity index (χ2v) is 5.25. The maximum atomic E-state index is 11.5. The van der Waals surface area contributed by atoms with Crippen LogP contribution in [0.25, 0.3) is 0 Å². The summed E-state index contributed by atoms with van der Waals surface area (Å²) in [6.45, 7) is 1.57. The van der Waals surface area contributed by atoms with Crippen molar-refractivity contribution in [3.63, 3.8) is 0 Å². The molecule has 0 atom stereocenters. The molecule has 2 heterocycles. The van der Waals surface area contributed by atoms with Crippen LogP contribution in [-0.4, -0.2) is 52.4 Å². The summed E-state index contributed by atoms with van der Waals surface area (Å²) >= 11 is 2.80. The van der Waals surface area contributed by atoms with Crippen LogP contribution in [0.2, 0.25) is 0 Å². The highest BCUT2D eigenvalue weighted by atomic mass is 32.2. The van der Waals surface area contributed by atoms with Gasteiger partial charge in [-0.05, 0) is 0 Å². The van der Waals surface area contributed by atoms with Crippen LogP contribution in [0.1, 0.15) is 0 Å². The van der Waals surface area contributed by atoms with Crippen molar-refractivity contribution in [3.8, 4) is 0 Å². The number of amides is 2. The van der Waals surface area contributed by atoms with Crippen LogP contribution in [0.15, 0.2) is 4.99 Å². The lowest BCUT2D eigenvalue weighted by Crippen LogP contribution is -2.38. The van der Waals surface area contributed by atoms with E-state index in [0.29, 0.717) is 11.7 Å². The molecule has 0 bridgehead atoms. The van der Waals surface area contributed by atoms with E-state index in [1.807, 2.05) is 0 Å². The maximum Gasteiger partial charge on any atom is 0.282 e. The summed E-state index contributed by atoms with van der Waals surface area (Å²) in [5.41, 5.74) is 0. The second kappa shape index (κ2) is 4.89. The molecule has 0 aromatic heterocycles. The van der Waals surface area contributed by atoms with Crippen LogP contribution in [0.3, 0.4) is 0 Å². The Hall–Kier alpha value is -0.690. The first-order chi connectivity index (χ1) is 7.25. The van der Waals surface area contributed by atoms with Crippen molar-refractivity contribution in [2.45, 2.75) is 0 Å². The number of carbonyl (C=O) groups excluding carboxylic acids is 2. The summed E-state index contributed by atoms with van der Waals surface area (Å²) in [5.74, 6) is 1.55. The zero-order chi connectivity index (χ0) is 10.7. The number of amidine groups is 1. The Morgan fingerprint density at radius 2 is 2.33 bits per heavy atom. The van der Waals surface area contributed by atoms with Crippen LogP contribution in [0, 0.1) is 0 Å². The zero-order valence-corrected chi connectivity index (χ0v) is 9.70. The van der Waals surface area contributed by atoms with Gasteiger partial charge in [-0.2, -0.15) is 0 Å². The van der Waals surface area contributed by atoms with Crippen molar-refractivity contribution in [3.05, 3.63) is 0 Å². The molecule has 0 unspecified atom stereocenters. The molecule has 2 rings (SSSR count). The van der Waals surface area contributed by atoms with E-state index in [4.69, 9.17) is 0 Å². The van der Waals surface area contributed by atoms with E-state index in [1.54, 1.807) is 4.90 Å². The van der Waals surface area contributed by atoms with Crippen molar-refractivity contribution in [1.29, 1.82) is 0 Å². The molecule has 1 saturated heterocycles. The second-order valence-electron chi connectivity index (χ2n) is 3.12. The molecule has 0 aromatic rings. The Balaban J connectivity index is 1.79. The van der Waals surface area contributed by atoms with E-state index in [1.165, 1.54) is 23.5 Å². The third-order valence-corrected chi connectivity index (χ3v) is 3.79. The number of carbonyl (C=O) groups is 2. The van der Waals surface area contributed by atoms with Crippen molar-refractivity contribution >= 4 is 39.8 Å². The quantitative estimate of drug-likeness (QED) is 0.763. The van der Waals surface area contributed by atoms with E-state index in [0.717, 1.165) is 18.1 Å². The molecule has 7 heteroatoms. The maximum absolute atomic E-state index is 11.5. The molecule has 2 aliphatic rings. The van der Waals surface area contributed by atoms with Crippen LogP contribution in [0.4, 0.5) is 4.79 Å². The van der Waals surface area contributed by atoms with Crippen LogP contribution >= 0.6 is 23.5 Å². The molecule has 0 saturated carbocycles. The summed E-state index contributed by atoms with van der Waals surface area (Å²) in [6, 6.07) is 0. The van der Waals surface area contributed by atoms with Crippen LogP contribution in [0.5, 0.6) is 0 Å². The highest BCUT2D eigenvalue weighted by Gasteiger charge is 2.23. The average Bonchev–Trinajstić information content (AvgIpc) is 2.79. The average molecular weight is 245 g/mol. The lowest BCUT2D eigenvalue weighted by Gasteiger charge is -2.13. The van der Waals surface area contributed by atoms with Gasteiger partial charge < -0.3 is 10.2 Å². The number of thioether (sulfide) groups is 2. The van der Waals surface area contributed by atoms with Crippen LogP contribution in [-0.2, 0) is 4.79 Å². The Morgan fingerprint density at radius 1 is 1.47 bits per heavy atom. The van der Waals surface area contributed by atoms with E-state index < -0.39 is 0 Å². The lowest BCUT2D eigenvalue weighted by molar-refractivity contribution is -0.120. The van der Waals surface area contributed by atoms with Gasteiger partial charge in [-0.1, -0.05) is 23.5 Å². The Morgan fingerprint density at radius 3 is 2.93 bits per heavy atom. The topological polar surface area (TPSA) is 61.8 Å². The molecular formula is C8H11N3O2S2. The smallest absolute Gasteiger partial charge is 0.282 e. The molecule has 0 aliphatic carbocycles. The molecule has 0 radical (unpaired) electrons. The molecule has 5 nitrogen and oxygen atoms in total. The molecule has 0 aromatic carbocycles. The standard InChI is InChI=1S/C8H11N3O2S2/c12-6(10-7-9-1-3-14-7)5-11-2-4-15-8(11)13/h1-5H2,(H,9,10,12). The number of aliphatic imine (C=N–C) groups is 1. The third-order valence-electron chi connectivity index (χ3n) is 2.01. The first-order valence-electron chi connectivity index (χ1n) is 4.64. The molecule has 2 amide bonds. The van der Waals surface area contributed by atoms with E-state index in [-0.39, 0.29) is 17.7 Å². The van der Waals surface area contributed by atoms with Crippen LogP contribution < -0.4 is 5.32 Å². The predicted octanol–water partition coefficient (Wildman–Crippen LogP) is 0.374. The predicted molar refractivity (Wildman–Crippen MR) is 62.3 cm³/mol. The summed E-state index contributed by atoms with van der Waals surface area (Å²) in [7, 11) is 0. The van der Waals surface area contributed by atoms with Crippen molar-refractivity contribution in [2.24, 2.45) is 4.99 Å². The molecule has 82 valence electrons. The highest BCUT2D eigenvalue weighted by Crippen LogP contribution is 2.16. The van der Waals surface area contributed by atoms with Gasteiger partial charge in [-0.15, -0.1) is 0 Å². The number of rotatable bonds is 2. The van der Waals surface area contributed by atoms with Gasteiger partial charge in [0.1, 0.15) is 6.54 Å². The third kappa shape index (κ3) is 2.88. The summed E-state index contributed by atoms with van der Waals surface area (Å²) in [4.78, 5) is 28.4. The summed E-state index contributed by atoms with van der Waals surface area (Å²) in [6.07, 6.45) is 0. The lowest BCUT2D eigenvalue weighted by atomic mass is 10.5. The fourth-order valence-electron chi connectivity index (χ4n) is 1.31. The highest BCUT2D eigenvalue weighted by molar-refractivity contribution is 8.14.